The average molecular weight is 391 g/mol. The number of amides is 1. The maximum absolute atomic E-state index is 12.5. The molecule has 26 heavy (non-hydrogen) atoms. The molecule has 2 aromatic rings. The summed E-state index contributed by atoms with van der Waals surface area (Å²) in [6.07, 6.45) is -0.00964. The summed E-state index contributed by atoms with van der Waals surface area (Å²) >= 11 is 8.03. The number of carbonyl (C=O) groups is 2. The quantitative estimate of drug-likeness (QED) is 0.813. The fraction of sp³-hybridized carbons (Fsp3) is 0.263. The minimum Gasteiger partial charge on any atom is -0.478 e. The van der Waals surface area contributed by atoms with E-state index in [0.29, 0.717) is 16.3 Å². The summed E-state index contributed by atoms with van der Waals surface area (Å²) in [7, 11) is 0. The van der Waals surface area contributed by atoms with Crippen LogP contribution in [0.15, 0.2) is 42.5 Å². The molecule has 2 aromatic carbocycles. The van der Waals surface area contributed by atoms with Gasteiger partial charge in [0.25, 0.3) is 0 Å². The van der Waals surface area contributed by atoms with Gasteiger partial charge in [0.2, 0.25) is 5.91 Å². The first-order valence-corrected chi connectivity index (χ1v) is 9.81. The largest absolute Gasteiger partial charge is 0.478 e. The van der Waals surface area contributed by atoms with E-state index in [-0.39, 0.29) is 17.9 Å². The number of rotatable bonds is 5. The molecule has 1 aliphatic rings. The van der Waals surface area contributed by atoms with Crippen molar-refractivity contribution in [3.63, 3.8) is 0 Å². The summed E-state index contributed by atoms with van der Waals surface area (Å²) in [6.45, 7) is 1.83. The number of carboxylic acid groups (broad SMARTS) is 1. The van der Waals surface area contributed by atoms with Crippen LogP contribution in [0.2, 0.25) is 5.02 Å². The number of aromatic carboxylic acids is 1. The highest BCUT2D eigenvalue weighted by molar-refractivity contribution is 7.99. The van der Waals surface area contributed by atoms with Gasteiger partial charge >= 0.3 is 5.97 Å². The first-order chi connectivity index (χ1) is 12.5. The lowest BCUT2D eigenvalue weighted by molar-refractivity contribution is -0.115. The van der Waals surface area contributed by atoms with Crippen molar-refractivity contribution in [3.05, 3.63) is 58.6 Å². The van der Waals surface area contributed by atoms with E-state index in [1.807, 2.05) is 23.9 Å². The molecule has 0 radical (unpaired) electrons. The minimum absolute atomic E-state index is 0.00964. The van der Waals surface area contributed by atoms with Crippen LogP contribution in [0.4, 0.5) is 11.4 Å². The first-order valence-electron chi connectivity index (χ1n) is 8.28. The van der Waals surface area contributed by atoms with Crippen LogP contribution in [0.25, 0.3) is 0 Å². The fourth-order valence-electron chi connectivity index (χ4n) is 2.94. The molecule has 1 aliphatic heterocycles. The Labute approximate surface area is 161 Å². The molecule has 7 heteroatoms. The molecule has 1 heterocycles. The first kappa shape index (κ1) is 18.6. The fourth-order valence-corrected chi connectivity index (χ4v) is 4.01. The molecule has 0 saturated carbocycles. The molecule has 0 aromatic heterocycles. The van der Waals surface area contributed by atoms with E-state index < -0.39 is 5.97 Å². The van der Waals surface area contributed by atoms with E-state index >= 15 is 0 Å². The molecule has 0 atom stereocenters. The van der Waals surface area contributed by atoms with Crippen molar-refractivity contribution in [2.24, 2.45) is 0 Å². The molecule has 0 bridgehead atoms. The van der Waals surface area contributed by atoms with Gasteiger partial charge in [0.15, 0.2) is 0 Å². The number of hydrogen-bond donors (Lipinski definition) is 2. The zero-order valence-corrected chi connectivity index (χ0v) is 15.6. The third-order valence-corrected chi connectivity index (χ3v) is 5.36. The van der Waals surface area contributed by atoms with Crippen molar-refractivity contribution in [1.82, 2.24) is 0 Å². The molecule has 2 N–H and O–H groups in total. The predicted molar refractivity (Wildman–Crippen MR) is 107 cm³/mol. The van der Waals surface area contributed by atoms with Crippen molar-refractivity contribution >= 4 is 46.6 Å². The number of thioether (sulfide) groups is 1. The SMILES string of the molecule is O=C(Cc1ccccc1C(=O)O)Nc1cc(Cl)ccc1N1CCSCC1. The molecule has 0 spiro atoms. The van der Waals surface area contributed by atoms with Crippen molar-refractivity contribution in [1.29, 1.82) is 0 Å². The van der Waals surface area contributed by atoms with Gasteiger partial charge in [-0.25, -0.2) is 4.79 Å². The zero-order chi connectivity index (χ0) is 18.5. The Hall–Kier alpha value is -2.18. The number of carbonyl (C=O) groups excluding carboxylic acids is 1. The van der Waals surface area contributed by atoms with E-state index in [9.17, 15) is 14.7 Å². The number of halogens is 1. The standard InChI is InChI=1S/C19H19ClN2O3S/c20-14-5-6-17(22-7-9-26-10-8-22)16(12-14)21-18(23)11-13-3-1-2-4-15(13)19(24)25/h1-6,12H,7-11H2,(H,21,23)(H,24,25). The normalized spacial score (nSPS) is 14.1. The molecule has 1 amide bonds. The second-order valence-corrected chi connectivity index (χ2v) is 7.61. The third-order valence-electron chi connectivity index (χ3n) is 4.18. The summed E-state index contributed by atoms with van der Waals surface area (Å²) in [5.74, 6) is 0.778. The second kappa shape index (κ2) is 8.47. The van der Waals surface area contributed by atoms with Crippen LogP contribution >= 0.6 is 23.4 Å². The monoisotopic (exact) mass is 390 g/mol. The molecular formula is C19H19ClN2O3S. The maximum atomic E-state index is 12.5. The van der Waals surface area contributed by atoms with Crippen molar-refractivity contribution < 1.29 is 14.7 Å². The molecule has 0 aliphatic carbocycles. The van der Waals surface area contributed by atoms with Crippen LogP contribution in [-0.2, 0) is 11.2 Å². The Kier molecular flexibility index (Phi) is 6.06. The number of anilines is 2. The van der Waals surface area contributed by atoms with E-state index in [1.54, 1.807) is 24.3 Å². The van der Waals surface area contributed by atoms with E-state index in [1.165, 1.54) is 6.07 Å². The smallest absolute Gasteiger partial charge is 0.335 e. The van der Waals surface area contributed by atoms with Gasteiger partial charge in [0.1, 0.15) is 0 Å². The number of nitrogens with zero attached hydrogens (tertiary/aromatic N) is 1. The Balaban J connectivity index is 1.79. The molecule has 0 unspecified atom stereocenters. The highest BCUT2D eigenvalue weighted by Gasteiger charge is 2.18. The number of benzene rings is 2. The van der Waals surface area contributed by atoms with Crippen molar-refractivity contribution in [3.8, 4) is 0 Å². The van der Waals surface area contributed by atoms with Gasteiger partial charge in [0.05, 0.1) is 23.4 Å². The summed E-state index contributed by atoms with van der Waals surface area (Å²) in [5.41, 5.74) is 2.22. The topological polar surface area (TPSA) is 69.6 Å². The lowest BCUT2D eigenvalue weighted by Gasteiger charge is -2.30. The van der Waals surface area contributed by atoms with Gasteiger partial charge < -0.3 is 15.3 Å². The van der Waals surface area contributed by atoms with E-state index in [4.69, 9.17) is 11.6 Å². The number of carboxylic acids is 1. The van der Waals surface area contributed by atoms with Gasteiger partial charge in [-0.05, 0) is 29.8 Å². The van der Waals surface area contributed by atoms with Gasteiger partial charge in [-0.15, -0.1) is 0 Å². The van der Waals surface area contributed by atoms with E-state index in [0.717, 1.165) is 30.3 Å². The van der Waals surface area contributed by atoms with Crippen LogP contribution in [0.5, 0.6) is 0 Å². The van der Waals surface area contributed by atoms with Gasteiger partial charge in [-0.2, -0.15) is 11.8 Å². The van der Waals surface area contributed by atoms with Crippen LogP contribution < -0.4 is 10.2 Å². The second-order valence-electron chi connectivity index (χ2n) is 5.95. The lowest BCUT2D eigenvalue weighted by atomic mass is 10.0. The summed E-state index contributed by atoms with van der Waals surface area (Å²) in [5, 5.41) is 12.7. The van der Waals surface area contributed by atoms with Crippen LogP contribution in [-0.4, -0.2) is 41.6 Å². The Morgan fingerprint density at radius 3 is 2.62 bits per heavy atom. The molecule has 5 nitrogen and oxygen atoms in total. The summed E-state index contributed by atoms with van der Waals surface area (Å²) in [4.78, 5) is 26.1. The average Bonchev–Trinajstić information content (AvgIpc) is 2.63. The Morgan fingerprint density at radius 1 is 1.15 bits per heavy atom. The number of nitrogens with one attached hydrogen (secondary N) is 1. The molecule has 1 saturated heterocycles. The zero-order valence-electron chi connectivity index (χ0n) is 14.1. The Morgan fingerprint density at radius 2 is 1.88 bits per heavy atom. The Bertz CT molecular complexity index is 822. The van der Waals surface area contributed by atoms with Crippen molar-refractivity contribution in [2.75, 3.05) is 34.8 Å². The number of hydrogen-bond acceptors (Lipinski definition) is 4. The highest BCUT2D eigenvalue weighted by atomic mass is 35.5. The third kappa shape index (κ3) is 4.51. The maximum Gasteiger partial charge on any atom is 0.335 e. The molecule has 3 rings (SSSR count). The van der Waals surface area contributed by atoms with Crippen LogP contribution in [0, 0.1) is 0 Å². The molecule has 1 fully saturated rings. The van der Waals surface area contributed by atoms with Gasteiger partial charge in [0, 0.05) is 29.6 Å². The summed E-state index contributed by atoms with van der Waals surface area (Å²) in [6, 6.07) is 12.0. The minimum atomic E-state index is -1.04. The lowest BCUT2D eigenvalue weighted by Crippen LogP contribution is -2.33. The summed E-state index contributed by atoms with van der Waals surface area (Å²) < 4.78 is 0. The van der Waals surface area contributed by atoms with Crippen LogP contribution in [0.3, 0.4) is 0 Å². The van der Waals surface area contributed by atoms with Crippen LogP contribution in [0.1, 0.15) is 15.9 Å². The van der Waals surface area contributed by atoms with Gasteiger partial charge in [-0.3, -0.25) is 4.79 Å². The van der Waals surface area contributed by atoms with Gasteiger partial charge in [-0.1, -0.05) is 29.8 Å². The van der Waals surface area contributed by atoms with Crippen molar-refractivity contribution in [2.45, 2.75) is 6.42 Å². The molecular weight excluding hydrogens is 372 g/mol. The highest BCUT2D eigenvalue weighted by Crippen LogP contribution is 2.31. The molecule has 136 valence electrons. The predicted octanol–water partition coefficient (Wildman–Crippen LogP) is 3.77. The van der Waals surface area contributed by atoms with E-state index in [2.05, 4.69) is 10.2 Å².